The summed E-state index contributed by atoms with van der Waals surface area (Å²) in [6.07, 6.45) is 4.60. The SMILES string of the molecule is CC(C)c1nc(N(C)S(C)(=O)=O)nc(-c2ccc(F)cc2)c1/C=C/[C@@H]1C[C@H](CC(=O)Nc2ccccc2)OC(C)(C)O1. The minimum atomic E-state index is -3.63. The summed E-state index contributed by atoms with van der Waals surface area (Å²) in [6.45, 7) is 7.51. The van der Waals surface area contributed by atoms with Gasteiger partial charge in [0.15, 0.2) is 5.79 Å². The largest absolute Gasteiger partial charge is 0.347 e. The Morgan fingerprint density at radius 2 is 1.79 bits per heavy atom. The molecule has 1 saturated heterocycles. The quantitative estimate of drug-likeness (QED) is 0.335. The Morgan fingerprint density at radius 1 is 1.12 bits per heavy atom. The van der Waals surface area contributed by atoms with E-state index in [-0.39, 0.29) is 24.2 Å². The number of hydrogen-bond donors (Lipinski definition) is 1. The lowest BCUT2D eigenvalue weighted by molar-refractivity contribution is -0.289. The number of anilines is 2. The summed E-state index contributed by atoms with van der Waals surface area (Å²) in [4.78, 5) is 22.0. The van der Waals surface area contributed by atoms with Gasteiger partial charge in [-0.05, 0) is 56.2 Å². The first-order valence-electron chi connectivity index (χ1n) is 13.7. The fourth-order valence-corrected chi connectivity index (χ4v) is 5.11. The van der Waals surface area contributed by atoms with Crippen molar-refractivity contribution in [2.75, 3.05) is 22.9 Å². The van der Waals surface area contributed by atoms with E-state index in [2.05, 4.69) is 15.3 Å². The maximum absolute atomic E-state index is 13.8. The molecule has 224 valence electrons. The molecule has 1 aliphatic rings. The number of para-hydroxylation sites is 1. The van der Waals surface area contributed by atoms with Gasteiger partial charge < -0.3 is 14.8 Å². The van der Waals surface area contributed by atoms with E-state index in [1.165, 1.54) is 19.2 Å². The standard InChI is InChI=1S/C31H37FN4O5S/c1-20(2)28-26(29(21-12-14-22(32)15-13-21)35-30(34-28)36(5)42(6,38)39)17-16-24-18-25(41-31(3,4)40-24)19-27(37)33-23-10-8-7-9-11-23/h7-17,20,24-25H,18-19H2,1-6H3,(H,33,37)/b17-16+/t24-,25-/m1/s1. The van der Waals surface area contributed by atoms with Crippen LogP contribution in [0.5, 0.6) is 0 Å². The van der Waals surface area contributed by atoms with Gasteiger partial charge in [0.25, 0.3) is 0 Å². The molecule has 4 rings (SSSR count). The summed E-state index contributed by atoms with van der Waals surface area (Å²) in [5.41, 5.74) is 3.06. The number of ether oxygens (including phenoxy) is 2. The van der Waals surface area contributed by atoms with Crippen molar-refractivity contribution >= 4 is 33.6 Å². The van der Waals surface area contributed by atoms with Gasteiger partial charge in [0.2, 0.25) is 21.9 Å². The highest BCUT2D eigenvalue weighted by atomic mass is 32.2. The fraction of sp³-hybridized carbons (Fsp3) is 0.387. The molecule has 0 bridgehead atoms. The van der Waals surface area contributed by atoms with Crippen LogP contribution in [0, 0.1) is 5.82 Å². The monoisotopic (exact) mass is 596 g/mol. The summed E-state index contributed by atoms with van der Waals surface area (Å²) in [5, 5.41) is 2.90. The molecule has 0 spiro atoms. The number of sulfonamides is 1. The van der Waals surface area contributed by atoms with Gasteiger partial charge in [-0.15, -0.1) is 0 Å². The van der Waals surface area contributed by atoms with Gasteiger partial charge in [0.05, 0.1) is 36.3 Å². The number of nitrogens with zero attached hydrogens (tertiary/aromatic N) is 3. The highest BCUT2D eigenvalue weighted by molar-refractivity contribution is 7.92. The maximum Gasteiger partial charge on any atom is 0.239 e. The molecule has 3 aromatic rings. The molecule has 1 N–H and O–H groups in total. The lowest BCUT2D eigenvalue weighted by atomic mass is 9.97. The van der Waals surface area contributed by atoms with Crippen LogP contribution in [0.25, 0.3) is 17.3 Å². The van der Waals surface area contributed by atoms with Gasteiger partial charge in [-0.1, -0.05) is 44.2 Å². The van der Waals surface area contributed by atoms with E-state index in [1.807, 2.05) is 56.3 Å². The van der Waals surface area contributed by atoms with Crippen molar-refractivity contribution in [3.05, 3.63) is 77.7 Å². The van der Waals surface area contributed by atoms with Crippen LogP contribution in [0.15, 0.2) is 60.7 Å². The van der Waals surface area contributed by atoms with Crippen LogP contribution in [-0.2, 0) is 24.3 Å². The molecule has 9 nitrogen and oxygen atoms in total. The van der Waals surface area contributed by atoms with Gasteiger partial charge in [-0.2, -0.15) is 0 Å². The van der Waals surface area contributed by atoms with Crippen LogP contribution in [0.3, 0.4) is 0 Å². The first kappa shape index (κ1) is 31.3. The molecule has 0 unspecified atom stereocenters. The molecule has 0 saturated carbocycles. The van der Waals surface area contributed by atoms with Crippen molar-refractivity contribution in [2.24, 2.45) is 0 Å². The number of nitrogens with one attached hydrogen (secondary N) is 1. The van der Waals surface area contributed by atoms with Crippen molar-refractivity contribution in [2.45, 2.75) is 64.4 Å². The third-order valence-corrected chi connectivity index (χ3v) is 7.89. The van der Waals surface area contributed by atoms with Crippen LogP contribution < -0.4 is 9.62 Å². The molecule has 0 aliphatic carbocycles. The second-order valence-corrected chi connectivity index (χ2v) is 13.1. The van der Waals surface area contributed by atoms with Crippen molar-refractivity contribution in [1.29, 1.82) is 0 Å². The number of benzene rings is 2. The Hall–Kier alpha value is -3.67. The molecular weight excluding hydrogens is 559 g/mol. The molecule has 1 fully saturated rings. The molecule has 2 aromatic carbocycles. The van der Waals surface area contributed by atoms with Crippen LogP contribution in [0.1, 0.15) is 57.7 Å². The zero-order chi connectivity index (χ0) is 30.7. The third-order valence-electron chi connectivity index (χ3n) is 6.74. The van der Waals surface area contributed by atoms with Crippen LogP contribution >= 0.6 is 0 Å². The van der Waals surface area contributed by atoms with E-state index in [9.17, 15) is 17.6 Å². The number of hydrogen-bond acceptors (Lipinski definition) is 7. The van der Waals surface area contributed by atoms with Gasteiger partial charge in [0, 0.05) is 30.3 Å². The first-order chi connectivity index (χ1) is 19.7. The first-order valence-corrected chi connectivity index (χ1v) is 15.6. The van der Waals surface area contributed by atoms with Crippen LogP contribution in [-0.4, -0.2) is 55.6 Å². The van der Waals surface area contributed by atoms with Crippen molar-refractivity contribution in [3.63, 3.8) is 0 Å². The number of aromatic nitrogens is 2. The molecule has 11 heteroatoms. The summed E-state index contributed by atoms with van der Waals surface area (Å²) >= 11 is 0. The summed E-state index contributed by atoms with van der Waals surface area (Å²) in [5.74, 6) is -1.58. The molecular formula is C31H37FN4O5S. The Bertz CT molecular complexity index is 1540. The average Bonchev–Trinajstić information content (AvgIpc) is 2.90. The van der Waals surface area contributed by atoms with Crippen molar-refractivity contribution < 1.29 is 27.1 Å². The fourth-order valence-electron chi connectivity index (χ4n) is 4.73. The summed E-state index contributed by atoms with van der Waals surface area (Å²) < 4.78 is 51.7. The van der Waals surface area contributed by atoms with Gasteiger partial charge in [0.1, 0.15) is 5.82 Å². The number of carbonyl (C=O) groups is 1. The van der Waals surface area contributed by atoms with E-state index < -0.39 is 33.8 Å². The maximum atomic E-state index is 13.8. The number of halogens is 1. The van der Waals surface area contributed by atoms with E-state index in [4.69, 9.17) is 9.47 Å². The highest BCUT2D eigenvalue weighted by Crippen LogP contribution is 2.34. The van der Waals surface area contributed by atoms with Crippen LogP contribution in [0.4, 0.5) is 16.0 Å². The molecule has 1 amide bonds. The molecule has 2 atom stereocenters. The lowest BCUT2D eigenvalue weighted by Gasteiger charge is -2.39. The van der Waals surface area contributed by atoms with E-state index >= 15 is 0 Å². The Balaban J connectivity index is 1.67. The smallest absolute Gasteiger partial charge is 0.239 e. The average molecular weight is 597 g/mol. The Morgan fingerprint density at radius 3 is 2.40 bits per heavy atom. The number of carbonyl (C=O) groups excluding carboxylic acids is 1. The van der Waals surface area contributed by atoms with Crippen molar-refractivity contribution in [1.82, 2.24) is 9.97 Å². The second-order valence-electron chi connectivity index (χ2n) is 11.1. The van der Waals surface area contributed by atoms with Gasteiger partial charge in [-0.3, -0.25) is 4.79 Å². The predicted octanol–water partition coefficient (Wildman–Crippen LogP) is 5.75. The lowest BCUT2D eigenvalue weighted by Crippen LogP contribution is -2.45. The third kappa shape index (κ3) is 7.99. The molecule has 1 aromatic heterocycles. The van der Waals surface area contributed by atoms with E-state index in [1.54, 1.807) is 26.0 Å². The Labute approximate surface area is 246 Å². The zero-order valence-electron chi connectivity index (χ0n) is 24.7. The summed E-state index contributed by atoms with van der Waals surface area (Å²) in [7, 11) is -2.24. The van der Waals surface area contributed by atoms with E-state index in [0.717, 1.165) is 10.6 Å². The second kappa shape index (κ2) is 12.7. The van der Waals surface area contributed by atoms with Gasteiger partial charge in [-0.25, -0.2) is 27.1 Å². The zero-order valence-corrected chi connectivity index (χ0v) is 25.5. The minimum absolute atomic E-state index is 0.0191. The summed E-state index contributed by atoms with van der Waals surface area (Å²) in [6, 6.07) is 15.1. The predicted molar refractivity (Wildman–Crippen MR) is 162 cm³/mol. The minimum Gasteiger partial charge on any atom is -0.347 e. The molecule has 42 heavy (non-hydrogen) atoms. The number of amides is 1. The van der Waals surface area contributed by atoms with Crippen LogP contribution in [0.2, 0.25) is 0 Å². The number of rotatable bonds is 9. The molecule has 2 heterocycles. The molecule has 1 aliphatic heterocycles. The topological polar surface area (TPSA) is 111 Å². The van der Waals surface area contributed by atoms with Gasteiger partial charge >= 0.3 is 0 Å². The van der Waals surface area contributed by atoms with Crippen molar-refractivity contribution in [3.8, 4) is 11.3 Å². The molecule has 0 radical (unpaired) electrons. The Kier molecular flexibility index (Phi) is 9.44. The highest BCUT2D eigenvalue weighted by Gasteiger charge is 2.35. The normalized spacial score (nSPS) is 18.8. The van der Waals surface area contributed by atoms with E-state index in [0.29, 0.717) is 34.6 Å².